The molecule has 1 fully saturated rings. The van der Waals surface area contributed by atoms with Crippen molar-refractivity contribution in [3.05, 3.63) is 0 Å². The first-order valence-corrected chi connectivity index (χ1v) is 5.73. The third-order valence-corrected chi connectivity index (χ3v) is 2.80. The van der Waals surface area contributed by atoms with Gasteiger partial charge < -0.3 is 15.8 Å². The van der Waals surface area contributed by atoms with Crippen molar-refractivity contribution in [2.24, 2.45) is 11.7 Å². The second kappa shape index (κ2) is 6.02. The maximum atomic E-state index is 11.8. The van der Waals surface area contributed by atoms with Crippen molar-refractivity contribution in [3.63, 3.8) is 0 Å². The van der Waals surface area contributed by atoms with E-state index in [1.165, 1.54) is 0 Å². The standard InChI is InChI=1S/C10H18N2O2S/c1-2-3-8(9(11)15)10(13)12-7-4-5-14-6-7/h7-8H,2-6H2,1H3,(H2,11,15)(H,12,13). The van der Waals surface area contributed by atoms with E-state index in [1.54, 1.807) is 0 Å². The van der Waals surface area contributed by atoms with Gasteiger partial charge in [-0.15, -0.1) is 0 Å². The molecular formula is C10H18N2O2S. The van der Waals surface area contributed by atoms with Crippen LogP contribution in [0.25, 0.3) is 0 Å². The van der Waals surface area contributed by atoms with Crippen LogP contribution in [0.1, 0.15) is 26.2 Å². The summed E-state index contributed by atoms with van der Waals surface area (Å²) in [5, 5.41) is 2.91. The molecule has 1 amide bonds. The van der Waals surface area contributed by atoms with E-state index in [4.69, 9.17) is 22.7 Å². The molecule has 2 atom stereocenters. The fourth-order valence-electron chi connectivity index (χ4n) is 1.64. The van der Waals surface area contributed by atoms with E-state index in [2.05, 4.69) is 5.32 Å². The number of hydrogen-bond acceptors (Lipinski definition) is 3. The lowest BCUT2D eigenvalue weighted by Crippen LogP contribution is -2.43. The molecule has 1 aliphatic heterocycles. The molecule has 1 aliphatic rings. The summed E-state index contributed by atoms with van der Waals surface area (Å²) in [7, 11) is 0. The van der Waals surface area contributed by atoms with Gasteiger partial charge in [-0.05, 0) is 12.8 Å². The molecule has 0 aliphatic carbocycles. The lowest BCUT2D eigenvalue weighted by Gasteiger charge is -2.17. The Labute approximate surface area is 95.5 Å². The fourth-order valence-corrected chi connectivity index (χ4v) is 1.87. The minimum Gasteiger partial charge on any atom is -0.393 e. The van der Waals surface area contributed by atoms with Gasteiger partial charge in [0.15, 0.2) is 0 Å². The van der Waals surface area contributed by atoms with Crippen LogP contribution in [0.3, 0.4) is 0 Å². The molecule has 0 bridgehead atoms. The zero-order valence-electron chi connectivity index (χ0n) is 8.99. The molecule has 86 valence electrons. The predicted octanol–water partition coefficient (Wildman–Crippen LogP) is 0.594. The van der Waals surface area contributed by atoms with Gasteiger partial charge in [-0.25, -0.2) is 0 Å². The first-order chi connectivity index (χ1) is 7.15. The smallest absolute Gasteiger partial charge is 0.230 e. The highest BCUT2D eigenvalue weighted by molar-refractivity contribution is 7.80. The summed E-state index contributed by atoms with van der Waals surface area (Å²) in [5.74, 6) is -0.384. The van der Waals surface area contributed by atoms with Crippen LogP contribution < -0.4 is 11.1 Å². The number of nitrogens with two attached hydrogens (primary N) is 1. The van der Waals surface area contributed by atoms with E-state index in [9.17, 15) is 4.79 Å². The van der Waals surface area contributed by atoms with Gasteiger partial charge in [0, 0.05) is 6.61 Å². The van der Waals surface area contributed by atoms with Crippen LogP contribution in [-0.2, 0) is 9.53 Å². The Bertz CT molecular complexity index is 240. The molecule has 0 aromatic carbocycles. The molecule has 1 rings (SSSR count). The van der Waals surface area contributed by atoms with Crippen LogP contribution >= 0.6 is 12.2 Å². The van der Waals surface area contributed by atoms with Gasteiger partial charge in [0.1, 0.15) is 0 Å². The summed E-state index contributed by atoms with van der Waals surface area (Å²) >= 11 is 4.89. The topological polar surface area (TPSA) is 64.3 Å². The predicted molar refractivity (Wildman–Crippen MR) is 62.6 cm³/mol. The molecule has 5 heteroatoms. The van der Waals surface area contributed by atoms with Crippen molar-refractivity contribution in [1.29, 1.82) is 0 Å². The number of hydrogen-bond donors (Lipinski definition) is 2. The Morgan fingerprint density at radius 2 is 2.47 bits per heavy atom. The monoisotopic (exact) mass is 230 g/mol. The van der Waals surface area contributed by atoms with Crippen molar-refractivity contribution in [3.8, 4) is 0 Å². The third kappa shape index (κ3) is 3.76. The molecule has 1 heterocycles. The quantitative estimate of drug-likeness (QED) is 0.679. The van der Waals surface area contributed by atoms with Crippen molar-refractivity contribution in [2.75, 3.05) is 13.2 Å². The normalized spacial score (nSPS) is 22.3. The first-order valence-electron chi connectivity index (χ1n) is 5.32. The number of thiocarbonyl (C=S) groups is 1. The van der Waals surface area contributed by atoms with Crippen LogP contribution in [-0.4, -0.2) is 30.2 Å². The zero-order valence-corrected chi connectivity index (χ0v) is 9.81. The van der Waals surface area contributed by atoms with Crippen molar-refractivity contribution < 1.29 is 9.53 Å². The van der Waals surface area contributed by atoms with Crippen LogP contribution in [0.4, 0.5) is 0 Å². The van der Waals surface area contributed by atoms with Gasteiger partial charge in [0.05, 0.1) is 23.6 Å². The van der Waals surface area contributed by atoms with Crippen molar-refractivity contribution in [2.45, 2.75) is 32.2 Å². The Morgan fingerprint density at radius 1 is 1.73 bits per heavy atom. The van der Waals surface area contributed by atoms with Gasteiger partial charge in [0.2, 0.25) is 5.91 Å². The fraction of sp³-hybridized carbons (Fsp3) is 0.800. The Hall–Kier alpha value is -0.680. The minimum atomic E-state index is -0.328. The van der Waals surface area contributed by atoms with E-state index >= 15 is 0 Å². The van der Waals surface area contributed by atoms with Crippen molar-refractivity contribution in [1.82, 2.24) is 5.32 Å². The average Bonchev–Trinajstić information content (AvgIpc) is 2.65. The zero-order chi connectivity index (χ0) is 11.3. The molecule has 2 unspecified atom stereocenters. The molecule has 0 radical (unpaired) electrons. The highest BCUT2D eigenvalue weighted by Gasteiger charge is 2.24. The number of amides is 1. The van der Waals surface area contributed by atoms with Gasteiger partial charge in [-0.1, -0.05) is 25.6 Å². The van der Waals surface area contributed by atoms with Gasteiger partial charge in [0.25, 0.3) is 0 Å². The number of nitrogens with one attached hydrogen (secondary N) is 1. The molecule has 3 N–H and O–H groups in total. The van der Waals surface area contributed by atoms with Crippen molar-refractivity contribution >= 4 is 23.1 Å². The summed E-state index contributed by atoms with van der Waals surface area (Å²) in [6.45, 7) is 3.33. The summed E-state index contributed by atoms with van der Waals surface area (Å²) in [6, 6.07) is 0.131. The molecule has 1 saturated heterocycles. The summed E-state index contributed by atoms with van der Waals surface area (Å²) in [4.78, 5) is 12.1. The first kappa shape index (κ1) is 12.4. The van der Waals surface area contributed by atoms with Crippen LogP contribution in [0.5, 0.6) is 0 Å². The minimum absolute atomic E-state index is 0.0557. The molecule has 0 spiro atoms. The molecule has 15 heavy (non-hydrogen) atoms. The summed E-state index contributed by atoms with van der Waals surface area (Å²) < 4.78 is 5.18. The van der Waals surface area contributed by atoms with E-state index < -0.39 is 0 Å². The molecule has 0 aromatic heterocycles. The molecule has 4 nitrogen and oxygen atoms in total. The lowest BCUT2D eigenvalue weighted by molar-refractivity contribution is -0.123. The number of ether oxygens (including phenoxy) is 1. The number of carbonyl (C=O) groups excluding carboxylic acids is 1. The maximum Gasteiger partial charge on any atom is 0.230 e. The van der Waals surface area contributed by atoms with E-state index in [1.807, 2.05) is 6.92 Å². The number of carbonyl (C=O) groups is 1. The second-order valence-corrected chi connectivity index (χ2v) is 4.28. The molecular weight excluding hydrogens is 212 g/mol. The molecule has 0 aromatic rings. The van der Waals surface area contributed by atoms with Crippen LogP contribution in [0.15, 0.2) is 0 Å². The largest absolute Gasteiger partial charge is 0.393 e. The molecule has 0 saturated carbocycles. The average molecular weight is 230 g/mol. The third-order valence-electron chi connectivity index (χ3n) is 2.51. The highest BCUT2D eigenvalue weighted by Crippen LogP contribution is 2.10. The second-order valence-electron chi connectivity index (χ2n) is 3.81. The van der Waals surface area contributed by atoms with Crippen LogP contribution in [0, 0.1) is 5.92 Å². The van der Waals surface area contributed by atoms with Gasteiger partial charge >= 0.3 is 0 Å². The van der Waals surface area contributed by atoms with Gasteiger partial charge in [-0.2, -0.15) is 0 Å². The summed E-state index contributed by atoms with van der Waals surface area (Å²) in [5.41, 5.74) is 5.54. The Morgan fingerprint density at radius 3 is 2.93 bits per heavy atom. The van der Waals surface area contributed by atoms with Crippen LogP contribution in [0.2, 0.25) is 0 Å². The van der Waals surface area contributed by atoms with E-state index in [0.717, 1.165) is 25.9 Å². The SMILES string of the molecule is CCCC(C(=O)NC1CCOC1)C(N)=S. The lowest BCUT2D eigenvalue weighted by atomic mass is 10.0. The van der Waals surface area contributed by atoms with E-state index in [0.29, 0.717) is 6.61 Å². The number of rotatable bonds is 5. The van der Waals surface area contributed by atoms with E-state index in [-0.39, 0.29) is 22.9 Å². The Balaban J connectivity index is 2.44. The Kier molecular flexibility index (Phi) is 4.98. The highest BCUT2D eigenvalue weighted by atomic mass is 32.1. The van der Waals surface area contributed by atoms with Gasteiger partial charge in [-0.3, -0.25) is 4.79 Å². The summed E-state index contributed by atoms with van der Waals surface area (Å²) in [6.07, 6.45) is 2.49. The maximum absolute atomic E-state index is 11.8.